The Morgan fingerprint density at radius 3 is 2.79 bits per heavy atom. The van der Waals surface area contributed by atoms with Gasteiger partial charge < -0.3 is 4.74 Å². The lowest BCUT2D eigenvalue weighted by Gasteiger charge is -2.12. The molecule has 0 aromatic heterocycles. The van der Waals surface area contributed by atoms with Crippen LogP contribution in [0.2, 0.25) is 0 Å². The summed E-state index contributed by atoms with van der Waals surface area (Å²) in [6.45, 7) is 2.95. The highest BCUT2D eigenvalue weighted by molar-refractivity contribution is 6.05. The normalized spacial score (nSPS) is 11.0. The van der Waals surface area contributed by atoms with E-state index < -0.39 is 0 Å². The van der Waals surface area contributed by atoms with E-state index in [1.807, 2.05) is 12.1 Å². The van der Waals surface area contributed by atoms with Crippen LogP contribution >= 0.6 is 0 Å². The molecule has 0 atom stereocenters. The van der Waals surface area contributed by atoms with Gasteiger partial charge in [-0.2, -0.15) is 0 Å². The van der Waals surface area contributed by atoms with E-state index in [2.05, 4.69) is 49.4 Å². The molecule has 0 unspecified atom stereocenters. The van der Waals surface area contributed by atoms with Crippen LogP contribution in [0.1, 0.15) is 19.8 Å². The molecule has 3 aromatic carbocycles. The molecule has 0 bridgehead atoms. The van der Waals surface area contributed by atoms with Crippen LogP contribution in [0.3, 0.4) is 0 Å². The van der Waals surface area contributed by atoms with Crippen molar-refractivity contribution in [3.05, 3.63) is 54.6 Å². The molecule has 0 amide bonds. The van der Waals surface area contributed by atoms with Crippen LogP contribution < -0.4 is 4.74 Å². The summed E-state index contributed by atoms with van der Waals surface area (Å²) in [5.74, 6) is 0.999. The molecule has 3 aromatic rings. The number of rotatable bonds is 4. The van der Waals surface area contributed by atoms with E-state index in [0.29, 0.717) is 0 Å². The first-order valence-electron chi connectivity index (χ1n) is 6.85. The molecule has 19 heavy (non-hydrogen) atoms. The average molecular weight is 249 g/mol. The quantitative estimate of drug-likeness (QED) is 0.468. The van der Waals surface area contributed by atoms with Crippen LogP contribution in [0, 0.1) is 6.07 Å². The summed E-state index contributed by atoms with van der Waals surface area (Å²) in [6, 6.07) is 19.9. The fourth-order valence-corrected chi connectivity index (χ4v) is 2.37. The van der Waals surface area contributed by atoms with Gasteiger partial charge in [0.2, 0.25) is 0 Å². The SMILES string of the molecule is CCCCOc1c2ccc[c]c2cc2ccccc12. The van der Waals surface area contributed by atoms with Crippen LogP contribution in [-0.2, 0) is 0 Å². The molecule has 1 radical (unpaired) electrons. The van der Waals surface area contributed by atoms with Crippen molar-refractivity contribution in [2.75, 3.05) is 6.61 Å². The highest BCUT2D eigenvalue weighted by Crippen LogP contribution is 2.34. The third-order valence-electron chi connectivity index (χ3n) is 3.38. The van der Waals surface area contributed by atoms with E-state index in [4.69, 9.17) is 4.74 Å². The Morgan fingerprint density at radius 2 is 1.89 bits per heavy atom. The van der Waals surface area contributed by atoms with Crippen LogP contribution in [0.5, 0.6) is 5.75 Å². The number of unbranched alkanes of at least 4 members (excludes halogenated alkanes) is 1. The molecule has 0 heterocycles. The second-order valence-corrected chi connectivity index (χ2v) is 4.76. The average Bonchev–Trinajstić information content (AvgIpc) is 2.46. The minimum Gasteiger partial charge on any atom is -0.492 e. The second kappa shape index (κ2) is 5.31. The molecule has 0 aliphatic heterocycles. The van der Waals surface area contributed by atoms with Crippen molar-refractivity contribution >= 4 is 21.5 Å². The fraction of sp³-hybridized carbons (Fsp3) is 0.222. The summed E-state index contributed by atoms with van der Waals surface area (Å²) in [6.07, 6.45) is 2.23. The van der Waals surface area contributed by atoms with Gasteiger partial charge in [0.25, 0.3) is 0 Å². The maximum Gasteiger partial charge on any atom is 0.134 e. The van der Waals surface area contributed by atoms with Gasteiger partial charge in [0.05, 0.1) is 6.61 Å². The standard InChI is InChI=1S/C18H17O/c1-2-3-12-19-18-16-10-6-4-8-14(16)13-15-9-5-7-11-17(15)18/h4-8,10-11,13H,2-3,12H2,1H3. The Hall–Kier alpha value is -2.02. The molecular formula is C18H17O. The molecular weight excluding hydrogens is 232 g/mol. The highest BCUT2D eigenvalue weighted by Gasteiger charge is 2.08. The summed E-state index contributed by atoms with van der Waals surface area (Å²) >= 11 is 0. The van der Waals surface area contributed by atoms with Crippen LogP contribution in [0.25, 0.3) is 21.5 Å². The van der Waals surface area contributed by atoms with E-state index in [9.17, 15) is 0 Å². The molecule has 0 saturated carbocycles. The fourth-order valence-electron chi connectivity index (χ4n) is 2.37. The molecule has 0 saturated heterocycles. The van der Waals surface area contributed by atoms with Crippen molar-refractivity contribution in [2.24, 2.45) is 0 Å². The van der Waals surface area contributed by atoms with Gasteiger partial charge in [-0.1, -0.05) is 55.8 Å². The molecule has 0 aliphatic carbocycles. The predicted octanol–water partition coefficient (Wildman–Crippen LogP) is 4.97. The summed E-state index contributed by atoms with van der Waals surface area (Å²) in [4.78, 5) is 0. The summed E-state index contributed by atoms with van der Waals surface area (Å²) in [5, 5.41) is 4.67. The van der Waals surface area contributed by atoms with Gasteiger partial charge in [-0.15, -0.1) is 0 Å². The van der Waals surface area contributed by atoms with Crippen molar-refractivity contribution in [2.45, 2.75) is 19.8 Å². The molecule has 0 N–H and O–H groups in total. The van der Waals surface area contributed by atoms with Crippen molar-refractivity contribution in [1.29, 1.82) is 0 Å². The number of hydrogen-bond donors (Lipinski definition) is 0. The predicted molar refractivity (Wildman–Crippen MR) is 80.7 cm³/mol. The van der Waals surface area contributed by atoms with Gasteiger partial charge in [0.15, 0.2) is 0 Å². The molecule has 0 fully saturated rings. The zero-order valence-electron chi connectivity index (χ0n) is 11.1. The van der Waals surface area contributed by atoms with Gasteiger partial charge in [0, 0.05) is 10.8 Å². The van der Waals surface area contributed by atoms with Crippen molar-refractivity contribution in [3.8, 4) is 5.75 Å². The van der Waals surface area contributed by atoms with E-state index in [1.165, 1.54) is 10.8 Å². The Bertz CT molecular complexity index is 646. The molecule has 1 nitrogen and oxygen atoms in total. The minimum absolute atomic E-state index is 0.772. The topological polar surface area (TPSA) is 9.23 Å². The largest absolute Gasteiger partial charge is 0.492 e. The zero-order chi connectivity index (χ0) is 13.1. The summed E-state index contributed by atoms with van der Waals surface area (Å²) in [7, 11) is 0. The van der Waals surface area contributed by atoms with Gasteiger partial charge in [-0.25, -0.2) is 0 Å². The highest BCUT2D eigenvalue weighted by atomic mass is 16.5. The first-order chi connectivity index (χ1) is 9.40. The van der Waals surface area contributed by atoms with Crippen molar-refractivity contribution in [1.82, 2.24) is 0 Å². The number of hydrogen-bond acceptors (Lipinski definition) is 1. The molecule has 0 spiro atoms. The first-order valence-corrected chi connectivity index (χ1v) is 6.85. The lowest BCUT2D eigenvalue weighted by atomic mass is 10.0. The first kappa shape index (κ1) is 12.0. The van der Waals surface area contributed by atoms with E-state index in [0.717, 1.165) is 36.0 Å². The zero-order valence-corrected chi connectivity index (χ0v) is 11.1. The Kier molecular flexibility index (Phi) is 3.37. The lowest BCUT2D eigenvalue weighted by Crippen LogP contribution is -1.98. The van der Waals surface area contributed by atoms with E-state index >= 15 is 0 Å². The third-order valence-corrected chi connectivity index (χ3v) is 3.38. The van der Waals surface area contributed by atoms with Gasteiger partial charge in [0.1, 0.15) is 5.75 Å². The monoisotopic (exact) mass is 249 g/mol. The minimum atomic E-state index is 0.772. The second-order valence-electron chi connectivity index (χ2n) is 4.76. The molecule has 0 aliphatic rings. The number of benzene rings is 3. The van der Waals surface area contributed by atoms with E-state index in [-0.39, 0.29) is 0 Å². The summed E-state index contributed by atoms with van der Waals surface area (Å²) in [5.41, 5.74) is 0. The summed E-state index contributed by atoms with van der Waals surface area (Å²) < 4.78 is 6.05. The molecule has 3 rings (SSSR count). The Morgan fingerprint density at radius 1 is 1.05 bits per heavy atom. The maximum atomic E-state index is 6.05. The van der Waals surface area contributed by atoms with Crippen LogP contribution in [0.4, 0.5) is 0 Å². The van der Waals surface area contributed by atoms with Gasteiger partial charge in [-0.3, -0.25) is 0 Å². The number of fused-ring (bicyclic) bond motifs is 2. The Labute approximate surface area is 113 Å². The lowest BCUT2D eigenvalue weighted by molar-refractivity contribution is 0.316. The Balaban J connectivity index is 2.21. The van der Waals surface area contributed by atoms with Crippen molar-refractivity contribution < 1.29 is 4.74 Å². The van der Waals surface area contributed by atoms with Crippen molar-refractivity contribution in [3.63, 3.8) is 0 Å². The third kappa shape index (κ3) is 2.28. The maximum absolute atomic E-state index is 6.05. The van der Waals surface area contributed by atoms with Crippen LogP contribution in [0.15, 0.2) is 48.5 Å². The molecule has 1 heteroatoms. The van der Waals surface area contributed by atoms with E-state index in [1.54, 1.807) is 0 Å². The van der Waals surface area contributed by atoms with Crippen LogP contribution in [-0.4, -0.2) is 6.61 Å². The molecule has 95 valence electrons. The van der Waals surface area contributed by atoms with Gasteiger partial charge >= 0.3 is 0 Å². The van der Waals surface area contributed by atoms with Gasteiger partial charge in [-0.05, 0) is 29.3 Å². The number of ether oxygens (including phenoxy) is 1. The smallest absolute Gasteiger partial charge is 0.134 e.